The first-order valence-corrected chi connectivity index (χ1v) is 8.61. The van der Waals surface area contributed by atoms with E-state index in [-0.39, 0.29) is 0 Å². The summed E-state index contributed by atoms with van der Waals surface area (Å²) in [7, 11) is 0. The minimum Gasteiger partial charge on any atom is -0.388 e. The second-order valence-electron chi connectivity index (χ2n) is 5.46. The quantitative estimate of drug-likeness (QED) is 0.731. The lowest BCUT2D eigenvalue weighted by Gasteiger charge is -2.14. The fraction of sp³-hybridized carbons (Fsp3) is 0.471. The van der Waals surface area contributed by atoms with Crippen molar-refractivity contribution in [3.8, 4) is 0 Å². The molecule has 3 nitrogen and oxygen atoms in total. The van der Waals surface area contributed by atoms with Gasteiger partial charge in [0.25, 0.3) is 0 Å². The Morgan fingerprint density at radius 2 is 1.95 bits per heavy atom. The predicted octanol–water partition coefficient (Wildman–Crippen LogP) is 4.43. The molecule has 2 rings (SSSR count). The zero-order valence-electron chi connectivity index (χ0n) is 12.9. The fourth-order valence-electron chi connectivity index (χ4n) is 2.59. The highest BCUT2D eigenvalue weighted by molar-refractivity contribution is 14.1. The molecule has 0 saturated heterocycles. The van der Waals surface area contributed by atoms with Crippen LogP contribution in [0.4, 0.5) is 0 Å². The summed E-state index contributed by atoms with van der Waals surface area (Å²) >= 11 is 2.31. The Morgan fingerprint density at radius 3 is 2.62 bits per heavy atom. The van der Waals surface area contributed by atoms with E-state index in [4.69, 9.17) is 0 Å². The third kappa shape index (κ3) is 3.86. The maximum atomic E-state index is 10.5. The molecule has 4 heteroatoms. The SMILES string of the molecule is CCC(CC)n1ccc(CC(O)c2cccc(C)c2I)n1. The number of hydrogen-bond donors (Lipinski definition) is 1. The number of aliphatic hydroxyl groups is 1. The van der Waals surface area contributed by atoms with Gasteiger partial charge in [-0.3, -0.25) is 4.68 Å². The summed E-state index contributed by atoms with van der Waals surface area (Å²) in [5, 5.41) is 15.1. The fourth-order valence-corrected chi connectivity index (χ4v) is 3.31. The minimum absolute atomic E-state index is 0.454. The number of nitrogens with zero attached hydrogens (tertiary/aromatic N) is 2. The van der Waals surface area contributed by atoms with Crippen molar-refractivity contribution in [1.29, 1.82) is 0 Å². The van der Waals surface area contributed by atoms with Crippen LogP contribution < -0.4 is 0 Å². The molecule has 0 fully saturated rings. The summed E-state index contributed by atoms with van der Waals surface area (Å²) in [6.07, 6.45) is 4.25. The van der Waals surface area contributed by atoms with Crippen molar-refractivity contribution < 1.29 is 5.11 Å². The summed E-state index contributed by atoms with van der Waals surface area (Å²) in [5.41, 5.74) is 3.15. The van der Waals surface area contributed by atoms with Crippen LogP contribution in [-0.2, 0) is 6.42 Å². The molecule has 2 aromatic rings. The molecule has 0 spiro atoms. The molecule has 0 aliphatic heterocycles. The summed E-state index contributed by atoms with van der Waals surface area (Å²) in [6, 6.07) is 8.54. The van der Waals surface area contributed by atoms with E-state index in [1.54, 1.807) is 0 Å². The number of halogens is 1. The van der Waals surface area contributed by atoms with Crippen LogP contribution in [0.25, 0.3) is 0 Å². The van der Waals surface area contributed by atoms with Gasteiger partial charge in [0.1, 0.15) is 0 Å². The van der Waals surface area contributed by atoms with E-state index in [9.17, 15) is 5.11 Å². The molecular weight excluding hydrogens is 375 g/mol. The molecule has 0 aliphatic rings. The summed E-state index contributed by atoms with van der Waals surface area (Å²) < 4.78 is 3.17. The Morgan fingerprint density at radius 1 is 1.24 bits per heavy atom. The lowest BCUT2D eigenvalue weighted by molar-refractivity contribution is 0.176. The Labute approximate surface area is 140 Å². The standard InChI is InChI=1S/C17H23IN2O/c1-4-14(5-2)20-10-9-13(19-20)11-16(21)15-8-6-7-12(3)17(15)18/h6-10,14,16,21H,4-5,11H2,1-3H3. The third-order valence-electron chi connectivity index (χ3n) is 3.96. The average Bonchev–Trinajstić information content (AvgIpc) is 2.91. The van der Waals surface area contributed by atoms with E-state index in [1.165, 1.54) is 5.56 Å². The number of benzene rings is 1. The number of rotatable bonds is 6. The van der Waals surface area contributed by atoms with Crippen LogP contribution in [-0.4, -0.2) is 14.9 Å². The highest BCUT2D eigenvalue weighted by atomic mass is 127. The molecule has 0 radical (unpaired) electrons. The molecule has 1 unspecified atom stereocenters. The van der Waals surface area contributed by atoms with Crippen molar-refractivity contribution >= 4 is 22.6 Å². The summed E-state index contributed by atoms with van der Waals surface area (Å²) in [5.74, 6) is 0. The van der Waals surface area contributed by atoms with Crippen LogP contribution in [0, 0.1) is 10.5 Å². The van der Waals surface area contributed by atoms with Gasteiger partial charge >= 0.3 is 0 Å². The van der Waals surface area contributed by atoms with Crippen LogP contribution in [0.2, 0.25) is 0 Å². The average molecular weight is 398 g/mol. The number of aromatic nitrogens is 2. The smallest absolute Gasteiger partial charge is 0.0856 e. The highest BCUT2D eigenvalue weighted by Gasteiger charge is 2.15. The molecule has 1 aromatic heterocycles. The summed E-state index contributed by atoms with van der Waals surface area (Å²) in [4.78, 5) is 0. The third-order valence-corrected chi connectivity index (χ3v) is 5.44. The van der Waals surface area contributed by atoms with E-state index >= 15 is 0 Å². The zero-order valence-corrected chi connectivity index (χ0v) is 15.0. The predicted molar refractivity (Wildman–Crippen MR) is 94.4 cm³/mol. The van der Waals surface area contributed by atoms with Gasteiger partial charge in [0.15, 0.2) is 0 Å². The molecule has 1 heterocycles. The Hall–Kier alpha value is -0.880. The van der Waals surface area contributed by atoms with Crippen LogP contribution in [0.15, 0.2) is 30.5 Å². The molecule has 114 valence electrons. The van der Waals surface area contributed by atoms with Gasteiger partial charge in [-0.1, -0.05) is 32.0 Å². The van der Waals surface area contributed by atoms with Gasteiger partial charge in [-0.15, -0.1) is 0 Å². The van der Waals surface area contributed by atoms with Crippen LogP contribution >= 0.6 is 22.6 Å². The molecule has 1 atom stereocenters. The first-order chi connectivity index (χ1) is 10.1. The molecule has 0 aliphatic carbocycles. The van der Waals surface area contributed by atoms with Crippen molar-refractivity contribution in [2.75, 3.05) is 0 Å². The molecular formula is C17H23IN2O. The van der Waals surface area contributed by atoms with Crippen molar-refractivity contribution in [2.45, 2.75) is 52.2 Å². The molecule has 0 saturated carbocycles. The van der Waals surface area contributed by atoms with E-state index in [1.807, 2.05) is 29.1 Å². The van der Waals surface area contributed by atoms with E-state index in [2.05, 4.69) is 54.5 Å². The van der Waals surface area contributed by atoms with Gasteiger partial charge in [0, 0.05) is 16.2 Å². The molecule has 1 N–H and O–H groups in total. The molecule has 21 heavy (non-hydrogen) atoms. The van der Waals surface area contributed by atoms with Gasteiger partial charge in [0.2, 0.25) is 0 Å². The van der Waals surface area contributed by atoms with Crippen LogP contribution in [0.1, 0.15) is 55.7 Å². The van der Waals surface area contributed by atoms with Gasteiger partial charge in [-0.2, -0.15) is 5.10 Å². The van der Waals surface area contributed by atoms with Crippen LogP contribution in [0.3, 0.4) is 0 Å². The summed E-state index contributed by atoms with van der Waals surface area (Å²) in [6.45, 7) is 6.43. The number of hydrogen-bond acceptors (Lipinski definition) is 2. The maximum Gasteiger partial charge on any atom is 0.0856 e. The van der Waals surface area contributed by atoms with Crippen molar-refractivity contribution in [3.63, 3.8) is 0 Å². The van der Waals surface area contributed by atoms with Crippen molar-refractivity contribution in [2.24, 2.45) is 0 Å². The van der Waals surface area contributed by atoms with Gasteiger partial charge in [0.05, 0.1) is 17.8 Å². The number of aliphatic hydroxyl groups excluding tert-OH is 1. The molecule has 0 amide bonds. The Balaban J connectivity index is 2.13. The van der Waals surface area contributed by atoms with Crippen LogP contribution in [0.5, 0.6) is 0 Å². The van der Waals surface area contributed by atoms with E-state index < -0.39 is 6.10 Å². The maximum absolute atomic E-state index is 10.5. The highest BCUT2D eigenvalue weighted by Crippen LogP contribution is 2.25. The topological polar surface area (TPSA) is 38.0 Å². The zero-order chi connectivity index (χ0) is 15.4. The number of aryl methyl sites for hydroxylation is 1. The molecule has 0 bridgehead atoms. The van der Waals surface area contributed by atoms with Crippen molar-refractivity contribution in [3.05, 3.63) is 50.9 Å². The Bertz CT molecular complexity index is 590. The van der Waals surface area contributed by atoms with E-state index in [0.717, 1.165) is 27.7 Å². The van der Waals surface area contributed by atoms with Crippen molar-refractivity contribution in [1.82, 2.24) is 9.78 Å². The first kappa shape index (κ1) is 16.5. The first-order valence-electron chi connectivity index (χ1n) is 7.53. The van der Waals surface area contributed by atoms with E-state index in [0.29, 0.717) is 12.5 Å². The molecule has 1 aromatic carbocycles. The van der Waals surface area contributed by atoms with Gasteiger partial charge in [-0.05, 0) is 59.5 Å². The minimum atomic E-state index is -0.498. The normalized spacial score (nSPS) is 12.9. The lowest BCUT2D eigenvalue weighted by atomic mass is 10.0. The monoisotopic (exact) mass is 398 g/mol. The van der Waals surface area contributed by atoms with Gasteiger partial charge in [-0.25, -0.2) is 0 Å². The largest absolute Gasteiger partial charge is 0.388 e. The second kappa shape index (κ2) is 7.40. The van der Waals surface area contributed by atoms with Gasteiger partial charge < -0.3 is 5.11 Å². The lowest BCUT2D eigenvalue weighted by Crippen LogP contribution is -2.09. The second-order valence-corrected chi connectivity index (χ2v) is 6.53. The Kier molecular flexibility index (Phi) is 5.81.